The third-order valence-electron chi connectivity index (χ3n) is 4.18. The smallest absolute Gasteiger partial charge is 0.406 e. The lowest BCUT2D eigenvalue weighted by molar-refractivity contribution is -0.274. The van der Waals surface area contributed by atoms with E-state index in [0.717, 1.165) is 31.6 Å². The van der Waals surface area contributed by atoms with Gasteiger partial charge in [0.25, 0.3) is 0 Å². The van der Waals surface area contributed by atoms with Gasteiger partial charge in [-0.3, -0.25) is 4.68 Å². The summed E-state index contributed by atoms with van der Waals surface area (Å²) in [4.78, 5) is 8.39. The van der Waals surface area contributed by atoms with Crippen LogP contribution in [0.2, 0.25) is 0 Å². The lowest BCUT2D eigenvalue weighted by Crippen LogP contribution is -2.16. The van der Waals surface area contributed by atoms with E-state index >= 15 is 0 Å². The Morgan fingerprint density at radius 3 is 2.74 bits per heavy atom. The van der Waals surface area contributed by atoms with Crippen molar-refractivity contribution < 1.29 is 22.6 Å². The molecule has 1 saturated heterocycles. The second kappa shape index (κ2) is 7.03. The Hall–Kier alpha value is -2.88. The number of nitrogens with zero attached hydrogens (tertiary/aromatic N) is 4. The van der Waals surface area contributed by atoms with Gasteiger partial charge in [0.15, 0.2) is 5.65 Å². The second-order valence-corrected chi connectivity index (χ2v) is 6.24. The zero-order valence-corrected chi connectivity index (χ0v) is 14.1. The van der Waals surface area contributed by atoms with E-state index in [1.54, 1.807) is 0 Å². The highest BCUT2D eigenvalue weighted by Crippen LogP contribution is 2.27. The summed E-state index contributed by atoms with van der Waals surface area (Å²) in [5, 5.41) is 8.26. The molecule has 4 rings (SSSR count). The van der Waals surface area contributed by atoms with Gasteiger partial charge in [-0.05, 0) is 30.7 Å². The van der Waals surface area contributed by atoms with E-state index in [1.165, 1.54) is 30.6 Å². The molecule has 7 nitrogen and oxygen atoms in total. The summed E-state index contributed by atoms with van der Waals surface area (Å²) in [5.41, 5.74) is 1.12. The average molecular weight is 379 g/mol. The fourth-order valence-electron chi connectivity index (χ4n) is 2.95. The number of hydrogen-bond donors (Lipinski definition) is 1. The highest BCUT2D eigenvalue weighted by molar-refractivity contribution is 5.87. The van der Waals surface area contributed by atoms with Crippen LogP contribution in [0.5, 0.6) is 5.75 Å². The van der Waals surface area contributed by atoms with Crippen molar-refractivity contribution in [3.8, 4) is 5.75 Å². The van der Waals surface area contributed by atoms with E-state index in [9.17, 15) is 13.2 Å². The summed E-state index contributed by atoms with van der Waals surface area (Å²) in [5.74, 6) is 0.663. The van der Waals surface area contributed by atoms with Crippen LogP contribution < -0.4 is 10.1 Å². The van der Waals surface area contributed by atoms with E-state index < -0.39 is 6.36 Å². The molecule has 2 aromatic heterocycles. The summed E-state index contributed by atoms with van der Waals surface area (Å²) >= 11 is 0. The molecule has 0 radical (unpaired) electrons. The number of nitrogens with one attached hydrogen (secondary N) is 1. The van der Waals surface area contributed by atoms with Crippen molar-refractivity contribution in [1.82, 2.24) is 19.7 Å². The molecule has 1 N–H and O–H groups in total. The van der Waals surface area contributed by atoms with Crippen LogP contribution in [0.25, 0.3) is 11.0 Å². The first-order valence-corrected chi connectivity index (χ1v) is 8.35. The molecular weight excluding hydrogens is 363 g/mol. The Kier molecular flexibility index (Phi) is 4.56. The van der Waals surface area contributed by atoms with Gasteiger partial charge in [0.2, 0.25) is 0 Å². The van der Waals surface area contributed by atoms with E-state index in [4.69, 9.17) is 4.74 Å². The molecule has 1 aliphatic heterocycles. The third kappa shape index (κ3) is 4.27. The number of alkyl halides is 3. The summed E-state index contributed by atoms with van der Waals surface area (Å²) in [6, 6.07) is 5.43. The topological polar surface area (TPSA) is 74.1 Å². The van der Waals surface area contributed by atoms with Crippen LogP contribution in [0.4, 0.5) is 24.7 Å². The van der Waals surface area contributed by atoms with E-state index in [1.807, 2.05) is 10.9 Å². The first-order chi connectivity index (χ1) is 13.0. The lowest BCUT2D eigenvalue weighted by atomic mass is 10.1. The van der Waals surface area contributed by atoms with Gasteiger partial charge < -0.3 is 14.8 Å². The Morgan fingerprint density at radius 2 is 2.04 bits per heavy atom. The highest BCUT2D eigenvalue weighted by atomic mass is 19.4. The van der Waals surface area contributed by atoms with Crippen molar-refractivity contribution in [2.24, 2.45) is 5.92 Å². The first-order valence-electron chi connectivity index (χ1n) is 8.35. The van der Waals surface area contributed by atoms with Crippen molar-refractivity contribution in [2.45, 2.75) is 19.3 Å². The number of hydrogen-bond acceptors (Lipinski definition) is 6. The molecule has 142 valence electrons. The number of ether oxygens (including phenoxy) is 2. The van der Waals surface area contributed by atoms with Gasteiger partial charge in [-0.25, -0.2) is 9.97 Å². The van der Waals surface area contributed by atoms with E-state index in [2.05, 4.69) is 25.1 Å². The van der Waals surface area contributed by atoms with E-state index in [0.29, 0.717) is 23.1 Å². The van der Waals surface area contributed by atoms with Gasteiger partial charge in [0, 0.05) is 31.0 Å². The summed E-state index contributed by atoms with van der Waals surface area (Å²) in [7, 11) is 0. The fourth-order valence-corrected chi connectivity index (χ4v) is 2.95. The largest absolute Gasteiger partial charge is 0.573 e. The standard InChI is InChI=1S/C17H16F3N5O2/c18-17(19,20)27-13-3-1-12(2-4-13)23-15-14-8-25(7-11-5-6-26-9-11)24-16(14)22-10-21-15/h1-4,8,10-11H,5-7,9H2,(H,21,22,23,24). The molecule has 1 unspecified atom stereocenters. The molecule has 0 bridgehead atoms. The molecule has 1 aromatic carbocycles. The molecule has 10 heteroatoms. The Bertz CT molecular complexity index is 920. The van der Waals surface area contributed by atoms with Crippen LogP contribution in [-0.4, -0.2) is 39.3 Å². The zero-order valence-electron chi connectivity index (χ0n) is 14.1. The Labute approximate surface area is 152 Å². The lowest BCUT2D eigenvalue weighted by Gasteiger charge is -2.10. The van der Waals surface area contributed by atoms with Crippen LogP contribution in [0.15, 0.2) is 36.8 Å². The molecule has 27 heavy (non-hydrogen) atoms. The maximum atomic E-state index is 12.2. The van der Waals surface area contributed by atoms with Gasteiger partial charge >= 0.3 is 6.36 Å². The third-order valence-corrected chi connectivity index (χ3v) is 4.18. The normalized spacial score (nSPS) is 17.4. The second-order valence-electron chi connectivity index (χ2n) is 6.24. The molecule has 3 heterocycles. The maximum absolute atomic E-state index is 12.2. The summed E-state index contributed by atoms with van der Waals surface area (Å²) in [6.07, 6.45) is -0.467. The SMILES string of the molecule is FC(F)(F)Oc1ccc(Nc2ncnc3nn(CC4CCOC4)cc23)cc1. The van der Waals surface area contributed by atoms with Crippen LogP contribution in [0.3, 0.4) is 0 Å². The minimum atomic E-state index is -4.72. The molecular formula is C17H16F3N5O2. The predicted octanol–water partition coefficient (Wildman–Crippen LogP) is 3.51. The number of fused-ring (bicyclic) bond motifs is 1. The maximum Gasteiger partial charge on any atom is 0.573 e. The molecule has 0 aliphatic carbocycles. The molecule has 0 amide bonds. The Balaban J connectivity index is 1.52. The number of halogens is 3. The fraction of sp³-hybridized carbons (Fsp3) is 0.353. The minimum Gasteiger partial charge on any atom is -0.406 e. The van der Waals surface area contributed by atoms with Crippen LogP contribution in [0.1, 0.15) is 6.42 Å². The minimum absolute atomic E-state index is 0.285. The molecule has 0 spiro atoms. The molecule has 0 saturated carbocycles. The molecule has 3 aromatic rings. The van der Waals surface area contributed by atoms with Gasteiger partial charge in [-0.1, -0.05) is 0 Å². The average Bonchev–Trinajstić information content (AvgIpc) is 3.25. The number of benzene rings is 1. The summed E-state index contributed by atoms with van der Waals surface area (Å²) in [6.45, 7) is 2.23. The van der Waals surface area contributed by atoms with Crippen LogP contribution >= 0.6 is 0 Å². The van der Waals surface area contributed by atoms with Crippen molar-refractivity contribution in [2.75, 3.05) is 18.5 Å². The van der Waals surface area contributed by atoms with Gasteiger partial charge in [-0.15, -0.1) is 13.2 Å². The van der Waals surface area contributed by atoms with Gasteiger partial charge in [0.05, 0.1) is 12.0 Å². The monoisotopic (exact) mass is 379 g/mol. The zero-order chi connectivity index (χ0) is 18.9. The van der Waals surface area contributed by atoms with Crippen LogP contribution in [0, 0.1) is 5.92 Å². The Morgan fingerprint density at radius 1 is 1.22 bits per heavy atom. The number of aromatic nitrogens is 4. The van der Waals surface area contributed by atoms with Crippen molar-refractivity contribution in [3.63, 3.8) is 0 Å². The molecule has 1 atom stereocenters. The van der Waals surface area contributed by atoms with Crippen molar-refractivity contribution in [1.29, 1.82) is 0 Å². The predicted molar refractivity (Wildman–Crippen MR) is 90.7 cm³/mol. The number of anilines is 2. The van der Waals surface area contributed by atoms with Gasteiger partial charge in [-0.2, -0.15) is 5.10 Å². The highest BCUT2D eigenvalue weighted by Gasteiger charge is 2.31. The van der Waals surface area contributed by atoms with E-state index in [-0.39, 0.29) is 5.75 Å². The van der Waals surface area contributed by atoms with Crippen molar-refractivity contribution >= 4 is 22.5 Å². The summed E-state index contributed by atoms with van der Waals surface area (Å²) < 4.78 is 47.8. The molecule has 1 fully saturated rings. The number of rotatable bonds is 5. The molecule has 1 aliphatic rings. The first kappa shape index (κ1) is 17.5. The quantitative estimate of drug-likeness (QED) is 0.731. The van der Waals surface area contributed by atoms with Crippen LogP contribution in [-0.2, 0) is 11.3 Å². The van der Waals surface area contributed by atoms with Gasteiger partial charge in [0.1, 0.15) is 17.9 Å². The van der Waals surface area contributed by atoms with Crippen molar-refractivity contribution in [3.05, 3.63) is 36.8 Å².